The molecular weight excluding hydrogens is 388 g/mol. The van der Waals surface area contributed by atoms with Crippen LogP contribution in [0.3, 0.4) is 0 Å². The van der Waals surface area contributed by atoms with Crippen LogP contribution in [0, 0.1) is 6.92 Å². The Morgan fingerprint density at radius 2 is 1.90 bits per heavy atom. The van der Waals surface area contributed by atoms with Gasteiger partial charge in [0.2, 0.25) is 0 Å². The molecule has 31 heavy (non-hydrogen) atoms. The quantitative estimate of drug-likeness (QED) is 0.695. The molecule has 1 amide bonds. The van der Waals surface area contributed by atoms with E-state index in [1.165, 1.54) is 5.56 Å². The summed E-state index contributed by atoms with van der Waals surface area (Å²) in [6.07, 6.45) is 6.43. The van der Waals surface area contributed by atoms with Gasteiger partial charge in [-0.15, -0.1) is 0 Å². The van der Waals surface area contributed by atoms with Crippen molar-refractivity contribution in [2.45, 2.75) is 38.1 Å². The molecule has 158 valence electrons. The second-order valence-electron chi connectivity index (χ2n) is 8.52. The average Bonchev–Trinajstić information content (AvgIpc) is 3.47. The molecule has 1 N–H and O–H groups in total. The maximum absolute atomic E-state index is 13.4. The van der Waals surface area contributed by atoms with Crippen LogP contribution in [0.15, 0.2) is 65.7 Å². The zero-order valence-corrected chi connectivity index (χ0v) is 17.6. The van der Waals surface area contributed by atoms with Crippen LogP contribution in [0.5, 0.6) is 0 Å². The van der Waals surface area contributed by atoms with Gasteiger partial charge in [0.05, 0.1) is 5.69 Å². The van der Waals surface area contributed by atoms with Crippen molar-refractivity contribution in [1.82, 2.24) is 14.9 Å². The summed E-state index contributed by atoms with van der Waals surface area (Å²) in [5, 5.41) is 3.01. The van der Waals surface area contributed by atoms with Crippen molar-refractivity contribution in [2.75, 3.05) is 18.0 Å². The average molecular weight is 415 g/mol. The predicted octanol–water partition coefficient (Wildman–Crippen LogP) is 3.43. The van der Waals surface area contributed by atoms with Gasteiger partial charge in [-0.25, -0.2) is 4.98 Å². The van der Waals surface area contributed by atoms with Crippen LogP contribution < -0.4 is 15.8 Å². The van der Waals surface area contributed by atoms with E-state index in [0.717, 1.165) is 43.6 Å². The van der Waals surface area contributed by atoms with E-state index in [-0.39, 0.29) is 11.5 Å². The van der Waals surface area contributed by atoms with Crippen molar-refractivity contribution in [3.05, 3.63) is 88.0 Å². The highest BCUT2D eigenvalue weighted by Crippen LogP contribution is 2.29. The first-order valence-corrected chi connectivity index (χ1v) is 10.9. The van der Waals surface area contributed by atoms with Gasteiger partial charge in [0, 0.05) is 43.0 Å². The van der Waals surface area contributed by atoms with Crippen molar-refractivity contribution in [2.24, 2.45) is 0 Å². The van der Waals surface area contributed by atoms with Crippen molar-refractivity contribution in [3.8, 4) is 5.69 Å². The molecule has 2 aromatic carbocycles. The topological polar surface area (TPSA) is 67.2 Å². The summed E-state index contributed by atoms with van der Waals surface area (Å²) in [6, 6.07) is 16.2. The maximum Gasteiger partial charge on any atom is 0.298 e. The van der Waals surface area contributed by atoms with Crippen LogP contribution in [0.1, 0.15) is 46.7 Å². The van der Waals surface area contributed by atoms with Crippen molar-refractivity contribution >= 4 is 11.7 Å². The molecule has 0 spiro atoms. The molecule has 2 fully saturated rings. The fourth-order valence-electron chi connectivity index (χ4n) is 4.26. The minimum Gasteiger partial charge on any atom is -0.351 e. The normalized spacial score (nSPS) is 18.2. The molecule has 0 radical (unpaired) electrons. The summed E-state index contributed by atoms with van der Waals surface area (Å²) >= 11 is 0. The van der Waals surface area contributed by atoms with Gasteiger partial charge in [-0.2, -0.15) is 0 Å². The molecule has 5 rings (SSSR count). The number of anilines is 1. The van der Waals surface area contributed by atoms with Gasteiger partial charge in [-0.3, -0.25) is 14.2 Å². The molecule has 6 heteroatoms. The van der Waals surface area contributed by atoms with Gasteiger partial charge >= 0.3 is 0 Å². The fourth-order valence-corrected chi connectivity index (χ4v) is 4.26. The van der Waals surface area contributed by atoms with E-state index in [9.17, 15) is 9.59 Å². The number of nitrogens with zero attached hydrogens (tertiary/aromatic N) is 3. The molecule has 3 aromatic rings. The fraction of sp³-hybridized carbons (Fsp3) is 0.320. The lowest BCUT2D eigenvalue weighted by Gasteiger charge is -2.19. The van der Waals surface area contributed by atoms with E-state index in [1.807, 2.05) is 25.1 Å². The van der Waals surface area contributed by atoms with Crippen LogP contribution >= 0.6 is 0 Å². The molecule has 2 heterocycles. The minimum atomic E-state index is -0.154. The van der Waals surface area contributed by atoms with Gasteiger partial charge in [0.25, 0.3) is 11.5 Å². The Hall–Kier alpha value is -3.41. The SMILES string of the molecule is Cc1ccc(C(=O)NC2CC2)cc1-n1ccnc(N2CCC(c3ccccc3)C2)c1=O. The number of carbonyl (C=O) groups is 1. The number of aromatic nitrogens is 2. The summed E-state index contributed by atoms with van der Waals surface area (Å²) < 4.78 is 1.61. The monoisotopic (exact) mass is 414 g/mol. The summed E-state index contributed by atoms with van der Waals surface area (Å²) in [7, 11) is 0. The standard InChI is InChI=1S/C25H26N4O2/c1-17-7-8-19(24(30)27-21-9-10-21)15-22(17)29-14-12-26-23(25(29)31)28-13-11-20(16-28)18-5-3-2-4-6-18/h2-8,12,14-15,20-21H,9-11,13,16H2,1H3,(H,27,30). The summed E-state index contributed by atoms with van der Waals surface area (Å²) in [5.74, 6) is 0.775. The number of nitrogens with one attached hydrogen (secondary N) is 1. The second-order valence-corrected chi connectivity index (χ2v) is 8.52. The first-order chi connectivity index (χ1) is 15.1. The Balaban J connectivity index is 1.44. The highest BCUT2D eigenvalue weighted by atomic mass is 16.2. The minimum absolute atomic E-state index is 0.0867. The van der Waals surface area contributed by atoms with E-state index >= 15 is 0 Å². The number of benzene rings is 2. The molecule has 1 saturated heterocycles. The first-order valence-electron chi connectivity index (χ1n) is 10.9. The van der Waals surface area contributed by atoms with Gasteiger partial charge < -0.3 is 10.2 Å². The van der Waals surface area contributed by atoms with Crippen LogP contribution in [0.25, 0.3) is 5.69 Å². The van der Waals surface area contributed by atoms with Crippen LogP contribution in [-0.4, -0.2) is 34.6 Å². The second kappa shape index (κ2) is 8.02. The molecule has 6 nitrogen and oxygen atoms in total. The molecule has 1 aliphatic carbocycles. The van der Waals surface area contributed by atoms with E-state index in [0.29, 0.717) is 23.3 Å². The molecule has 1 saturated carbocycles. The van der Waals surface area contributed by atoms with Crippen molar-refractivity contribution in [1.29, 1.82) is 0 Å². The van der Waals surface area contributed by atoms with E-state index in [4.69, 9.17) is 0 Å². The third-order valence-electron chi connectivity index (χ3n) is 6.22. The maximum atomic E-state index is 13.4. The highest BCUT2D eigenvalue weighted by Gasteiger charge is 2.27. The highest BCUT2D eigenvalue weighted by molar-refractivity contribution is 5.95. The third-order valence-corrected chi connectivity index (χ3v) is 6.22. The molecule has 0 bridgehead atoms. The summed E-state index contributed by atoms with van der Waals surface area (Å²) in [4.78, 5) is 32.4. The van der Waals surface area contributed by atoms with Gasteiger partial charge in [-0.05, 0) is 49.4 Å². The Morgan fingerprint density at radius 3 is 2.68 bits per heavy atom. The van der Waals surface area contributed by atoms with Gasteiger partial charge in [0.1, 0.15) is 0 Å². The number of rotatable bonds is 5. The number of aryl methyl sites for hydroxylation is 1. The van der Waals surface area contributed by atoms with Crippen LogP contribution in [0.2, 0.25) is 0 Å². The number of hydrogen-bond acceptors (Lipinski definition) is 4. The first kappa shape index (κ1) is 19.5. The third kappa shape index (κ3) is 3.98. The number of amides is 1. The largest absolute Gasteiger partial charge is 0.351 e. The Kier molecular flexibility index (Phi) is 5.06. The van der Waals surface area contributed by atoms with Crippen LogP contribution in [0.4, 0.5) is 5.82 Å². The molecule has 2 aliphatic rings. The molecule has 1 atom stereocenters. The Bertz CT molecular complexity index is 1170. The smallest absolute Gasteiger partial charge is 0.298 e. The Morgan fingerprint density at radius 1 is 1.10 bits per heavy atom. The summed E-state index contributed by atoms with van der Waals surface area (Å²) in [6.45, 7) is 3.53. The predicted molar refractivity (Wildman–Crippen MR) is 121 cm³/mol. The van der Waals surface area contributed by atoms with Gasteiger partial charge in [-0.1, -0.05) is 36.4 Å². The van der Waals surface area contributed by atoms with E-state index in [2.05, 4.69) is 39.5 Å². The van der Waals surface area contributed by atoms with Crippen LogP contribution in [-0.2, 0) is 0 Å². The molecule has 1 aromatic heterocycles. The van der Waals surface area contributed by atoms with E-state index < -0.39 is 0 Å². The zero-order chi connectivity index (χ0) is 21.4. The number of hydrogen-bond donors (Lipinski definition) is 1. The zero-order valence-electron chi connectivity index (χ0n) is 17.6. The van der Waals surface area contributed by atoms with Crippen molar-refractivity contribution in [3.63, 3.8) is 0 Å². The lowest BCUT2D eigenvalue weighted by molar-refractivity contribution is 0.0951. The number of carbonyl (C=O) groups excluding carboxylic acids is 1. The van der Waals surface area contributed by atoms with Crippen molar-refractivity contribution < 1.29 is 4.79 Å². The van der Waals surface area contributed by atoms with E-state index in [1.54, 1.807) is 23.0 Å². The van der Waals surface area contributed by atoms with Gasteiger partial charge in [0.15, 0.2) is 5.82 Å². The molecule has 1 unspecified atom stereocenters. The summed E-state index contributed by atoms with van der Waals surface area (Å²) in [5.41, 5.74) is 3.37. The molecule has 1 aliphatic heterocycles. The lowest BCUT2D eigenvalue weighted by Crippen LogP contribution is -2.31. The molecular formula is C25H26N4O2. The Labute approximate surface area is 181 Å². The lowest BCUT2D eigenvalue weighted by atomic mass is 9.99.